The minimum Gasteiger partial charge on any atom is -0.330 e. The van der Waals surface area contributed by atoms with Crippen LogP contribution in [0.5, 0.6) is 0 Å². The van der Waals surface area contributed by atoms with Crippen LogP contribution in [0.15, 0.2) is 0 Å². The summed E-state index contributed by atoms with van der Waals surface area (Å²) in [6.07, 6.45) is 8.86. The fourth-order valence-electron chi connectivity index (χ4n) is 3.05. The van der Waals surface area contributed by atoms with Crippen molar-refractivity contribution in [2.45, 2.75) is 38.5 Å². The Morgan fingerprint density at radius 3 is 2.00 bits per heavy atom. The highest BCUT2D eigenvalue weighted by molar-refractivity contribution is 4.86. The van der Waals surface area contributed by atoms with E-state index in [2.05, 4.69) is 0 Å². The molecule has 11 heavy (non-hydrogen) atoms. The van der Waals surface area contributed by atoms with Crippen molar-refractivity contribution < 1.29 is 0 Å². The van der Waals surface area contributed by atoms with Gasteiger partial charge in [0.15, 0.2) is 0 Å². The van der Waals surface area contributed by atoms with Gasteiger partial charge in [-0.2, -0.15) is 0 Å². The second kappa shape index (κ2) is 3.14. The van der Waals surface area contributed by atoms with Gasteiger partial charge in [0.05, 0.1) is 0 Å². The zero-order chi connectivity index (χ0) is 7.68. The molecule has 0 aliphatic heterocycles. The van der Waals surface area contributed by atoms with Gasteiger partial charge in [0, 0.05) is 0 Å². The lowest BCUT2D eigenvalue weighted by Crippen LogP contribution is -2.12. The van der Waals surface area contributed by atoms with Crippen LogP contribution < -0.4 is 5.73 Å². The summed E-state index contributed by atoms with van der Waals surface area (Å²) in [6, 6.07) is 0. The van der Waals surface area contributed by atoms with E-state index in [1.54, 1.807) is 0 Å². The quantitative estimate of drug-likeness (QED) is 0.614. The van der Waals surface area contributed by atoms with Crippen molar-refractivity contribution in [2.75, 3.05) is 6.54 Å². The molecular weight excluding hydrogens is 134 g/mol. The van der Waals surface area contributed by atoms with Crippen LogP contribution in [0.3, 0.4) is 0 Å². The largest absolute Gasteiger partial charge is 0.330 e. The predicted molar refractivity (Wildman–Crippen MR) is 47.2 cm³/mol. The van der Waals surface area contributed by atoms with Gasteiger partial charge in [-0.25, -0.2) is 0 Å². The van der Waals surface area contributed by atoms with Gasteiger partial charge in [0.25, 0.3) is 0 Å². The summed E-state index contributed by atoms with van der Waals surface area (Å²) in [5, 5.41) is 0. The fourth-order valence-corrected chi connectivity index (χ4v) is 3.05. The molecule has 2 aliphatic rings. The van der Waals surface area contributed by atoms with E-state index in [0.29, 0.717) is 0 Å². The number of fused-ring (bicyclic) bond motifs is 1. The minimum absolute atomic E-state index is 0.878. The van der Waals surface area contributed by atoms with Gasteiger partial charge in [-0.05, 0) is 37.1 Å². The lowest BCUT2D eigenvalue weighted by atomic mass is 9.82. The molecule has 0 radical (unpaired) electrons. The van der Waals surface area contributed by atoms with Crippen molar-refractivity contribution in [3.8, 4) is 0 Å². The highest BCUT2D eigenvalue weighted by Crippen LogP contribution is 2.44. The molecule has 1 heteroatoms. The van der Waals surface area contributed by atoms with E-state index in [4.69, 9.17) is 5.73 Å². The predicted octanol–water partition coefficient (Wildman–Crippen LogP) is 2.16. The maximum absolute atomic E-state index is 5.69. The molecule has 0 saturated heterocycles. The van der Waals surface area contributed by atoms with E-state index >= 15 is 0 Å². The normalized spacial score (nSPS) is 39.0. The van der Waals surface area contributed by atoms with Gasteiger partial charge < -0.3 is 5.73 Å². The van der Waals surface area contributed by atoms with Gasteiger partial charge in [0.2, 0.25) is 0 Å². The highest BCUT2D eigenvalue weighted by atomic mass is 14.6. The van der Waals surface area contributed by atoms with Crippen LogP contribution in [-0.2, 0) is 0 Å². The Morgan fingerprint density at radius 1 is 1.00 bits per heavy atom. The molecule has 0 unspecified atom stereocenters. The highest BCUT2D eigenvalue weighted by Gasteiger charge is 2.34. The van der Waals surface area contributed by atoms with E-state index in [9.17, 15) is 0 Å². The standard InChI is InChI=1S/C10H19N/c11-7-8-5-9-3-1-2-4-10(9)6-8/h8-10H,1-7,11H2/t9-,10-/m1/s1. The maximum atomic E-state index is 5.69. The van der Waals surface area contributed by atoms with E-state index in [1.165, 1.54) is 38.5 Å². The van der Waals surface area contributed by atoms with Crippen molar-refractivity contribution in [2.24, 2.45) is 23.5 Å². The first-order valence-electron chi connectivity index (χ1n) is 5.10. The van der Waals surface area contributed by atoms with Crippen LogP contribution in [0.25, 0.3) is 0 Å². The summed E-state index contributed by atoms with van der Waals surface area (Å²) >= 11 is 0. The van der Waals surface area contributed by atoms with Crippen molar-refractivity contribution in [3.63, 3.8) is 0 Å². The molecule has 2 aliphatic carbocycles. The molecule has 2 rings (SSSR count). The van der Waals surface area contributed by atoms with Crippen LogP contribution in [0.1, 0.15) is 38.5 Å². The van der Waals surface area contributed by atoms with Crippen molar-refractivity contribution in [3.05, 3.63) is 0 Å². The topological polar surface area (TPSA) is 26.0 Å². The Morgan fingerprint density at radius 2 is 1.55 bits per heavy atom. The van der Waals surface area contributed by atoms with Gasteiger partial charge in [-0.3, -0.25) is 0 Å². The fraction of sp³-hybridized carbons (Fsp3) is 1.00. The Kier molecular flexibility index (Phi) is 2.17. The first-order chi connectivity index (χ1) is 5.40. The average Bonchev–Trinajstić information content (AvgIpc) is 2.46. The van der Waals surface area contributed by atoms with Crippen LogP contribution in [0.4, 0.5) is 0 Å². The molecule has 0 aromatic heterocycles. The second-order valence-electron chi connectivity index (χ2n) is 4.38. The Hall–Kier alpha value is -0.0400. The van der Waals surface area contributed by atoms with E-state index < -0.39 is 0 Å². The molecule has 64 valence electrons. The molecule has 2 N–H and O–H groups in total. The smallest absolute Gasteiger partial charge is 0.00487 e. The molecule has 2 fully saturated rings. The molecule has 0 spiro atoms. The van der Waals surface area contributed by atoms with Gasteiger partial charge in [-0.15, -0.1) is 0 Å². The summed E-state index contributed by atoms with van der Waals surface area (Å²) in [5.41, 5.74) is 5.69. The summed E-state index contributed by atoms with van der Waals surface area (Å²) in [6.45, 7) is 0.938. The lowest BCUT2D eigenvalue weighted by Gasteiger charge is -2.24. The van der Waals surface area contributed by atoms with E-state index in [1.807, 2.05) is 0 Å². The molecule has 1 nitrogen and oxygen atoms in total. The monoisotopic (exact) mass is 153 g/mol. The summed E-state index contributed by atoms with van der Waals surface area (Å²) in [5.74, 6) is 3.01. The first-order valence-corrected chi connectivity index (χ1v) is 5.10. The zero-order valence-electron chi connectivity index (χ0n) is 7.26. The molecule has 2 atom stereocenters. The average molecular weight is 153 g/mol. The summed E-state index contributed by atoms with van der Waals surface area (Å²) in [7, 11) is 0. The zero-order valence-corrected chi connectivity index (χ0v) is 7.26. The van der Waals surface area contributed by atoms with Gasteiger partial charge in [0.1, 0.15) is 0 Å². The molecule has 0 aromatic rings. The molecule has 0 bridgehead atoms. The Balaban J connectivity index is 1.92. The van der Waals surface area contributed by atoms with Crippen molar-refractivity contribution >= 4 is 0 Å². The molecular formula is C10H19N. The van der Waals surface area contributed by atoms with Gasteiger partial charge in [-0.1, -0.05) is 25.7 Å². The SMILES string of the molecule is NCC1C[C@H]2CCCC[C@@H]2C1. The second-order valence-corrected chi connectivity index (χ2v) is 4.38. The van der Waals surface area contributed by atoms with Crippen LogP contribution in [0.2, 0.25) is 0 Å². The molecule has 0 amide bonds. The van der Waals surface area contributed by atoms with Crippen LogP contribution in [0, 0.1) is 17.8 Å². The van der Waals surface area contributed by atoms with E-state index in [0.717, 1.165) is 24.3 Å². The number of hydrogen-bond acceptors (Lipinski definition) is 1. The summed E-state index contributed by atoms with van der Waals surface area (Å²) < 4.78 is 0. The molecule has 0 heterocycles. The van der Waals surface area contributed by atoms with Crippen LogP contribution >= 0.6 is 0 Å². The number of hydrogen-bond donors (Lipinski definition) is 1. The third-order valence-electron chi connectivity index (χ3n) is 3.67. The number of nitrogens with two attached hydrogens (primary N) is 1. The maximum Gasteiger partial charge on any atom is -0.00487 e. The third kappa shape index (κ3) is 1.44. The Bertz CT molecular complexity index is 119. The first kappa shape index (κ1) is 7.60. The van der Waals surface area contributed by atoms with E-state index in [-0.39, 0.29) is 0 Å². The van der Waals surface area contributed by atoms with Crippen molar-refractivity contribution in [1.29, 1.82) is 0 Å². The molecule has 0 aromatic carbocycles. The Labute approximate surface area is 69.4 Å². The lowest BCUT2D eigenvalue weighted by molar-refractivity contribution is 0.277. The van der Waals surface area contributed by atoms with Crippen LogP contribution in [-0.4, -0.2) is 6.54 Å². The van der Waals surface area contributed by atoms with Gasteiger partial charge >= 0.3 is 0 Å². The minimum atomic E-state index is 0.878. The number of rotatable bonds is 1. The summed E-state index contributed by atoms with van der Waals surface area (Å²) in [4.78, 5) is 0. The molecule has 2 saturated carbocycles. The van der Waals surface area contributed by atoms with Crippen molar-refractivity contribution in [1.82, 2.24) is 0 Å². The third-order valence-corrected chi connectivity index (χ3v) is 3.67.